The van der Waals surface area contributed by atoms with E-state index in [0.29, 0.717) is 0 Å². The Labute approximate surface area is 126 Å². The summed E-state index contributed by atoms with van der Waals surface area (Å²) in [5.41, 5.74) is -1.02. The third-order valence-electron chi connectivity index (χ3n) is 2.52. The van der Waals surface area contributed by atoms with Gasteiger partial charge in [0.25, 0.3) is 5.69 Å². The molecule has 2 aromatic rings. The van der Waals surface area contributed by atoms with E-state index in [4.69, 9.17) is 9.84 Å². The molecular weight excluding hydrogens is 349 g/mol. The molecule has 1 N–H and O–H groups in total. The van der Waals surface area contributed by atoms with Crippen molar-refractivity contribution in [2.24, 2.45) is 0 Å². The molecule has 2 rings (SSSR count). The molecule has 0 aliphatic heterocycles. The van der Waals surface area contributed by atoms with E-state index in [2.05, 4.69) is 15.9 Å². The van der Waals surface area contributed by atoms with Crippen molar-refractivity contribution in [2.75, 3.05) is 0 Å². The third-order valence-corrected chi connectivity index (χ3v) is 3.13. The van der Waals surface area contributed by atoms with Gasteiger partial charge in [0.2, 0.25) is 0 Å². The zero-order chi connectivity index (χ0) is 15.6. The SMILES string of the molecule is O=C(O)c1cc(Oc2ccc(F)c(Br)c2)ccc1[N+](=O)[O-]. The van der Waals surface area contributed by atoms with Crippen molar-refractivity contribution in [1.82, 2.24) is 0 Å². The summed E-state index contributed by atoms with van der Waals surface area (Å²) in [5.74, 6) is -1.56. The smallest absolute Gasteiger partial charge is 0.342 e. The summed E-state index contributed by atoms with van der Waals surface area (Å²) >= 11 is 2.99. The number of halogens is 2. The lowest BCUT2D eigenvalue weighted by atomic mass is 10.1. The van der Waals surface area contributed by atoms with Gasteiger partial charge in [-0.05, 0) is 40.2 Å². The van der Waals surface area contributed by atoms with Gasteiger partial charge in [0.05, 0.1) is 9.40 Å². The summed E-state index contributed by atoms with van der Waals surface area (Å²) in [6, 6.07) is 7.22. The molecule has 0 saturated heterocycles. The van der Waals surface area contributed by atoms with Gasteiger partial charge in [-0.2, -0.15) is 0 Å². The van der Waals surface area contributed by atoms with E-state index < -0.39 is 28.0 Å². The first-order chi connectivity index (χ1) is 9.88. The second kappa shape index (κ2) is 5.88. The van der Waals surface area contributed by atoms with Crippen LogP contribution in [-0.2, 0) is 0 Å². The van der Waals surface area contributed by atoms with Gasteiger partial charge < -0.3 is 9.84 Å². The maximum absolute atomic E-state index is 13.1. The highest BCUT2D eigenvalue weighted by atomic mass is 79.9. The van der Waals surface area contributed by atoms with Gasteiger partial charge in [-0.25, -0.2) is 9.18 Å². The minimum absolute atomic E-state index is 0.0940. The number of hydrogen-bond acceptors (Lipinski definition) is 4. The van der Waals surface area contributed by atoms with E-state index in [9.17, 15) is 19.3 Å². The molecule has 108 valence electrons. The molecule has 0 aliphatic rings. The van der Waals surface area contributed by atoms with Crippen LogP contribution in [0, 0.1) is 15.9 Å². The summed E-state index contributed by atoms with van der Waals surface area (Å²) in [5, 5.41) is 19.7. The first-order valence-electron chi connectivity index (χ1n) is 5.53. The summed E-state index contributed by atoms with van der Waals surface area (Å²) in [4.78, 5) is 21.0. The number of nitro benzene ring substituents is 1. The molecule has 0 aliphatic carbocycles. The predicted octanol–water partition coefficient (Wildman–Crippen LogP) is 3.99. The molecule has 0 amide bonds. The predicted molar refractivity (Wildman–Crippen MR) is 74.2 cm³/mol. The van der Waals surface area contributed by atoms with Gasteiger partial charge in [-0.3, -0.25) is 10.1 Å². The normalized spacial score (nSPS) is 10.2. The largest absolute Gasteiger partial charge is 0.477 e. The summed E-state index contributed by atoms with van der Waals surface area (Å²) < 4.78 is 18.6. The number of nitrogens with zero attached hydrogens (tertiary/aromatic N) is 1. The van der Waals surface area contributed by atoms with Crippen LogP contribution >= 0.6 is 15.9 Å². The second-order valence-electron chi connectivity index (χ2n) is 3.92. The van der Waals surface area contributed by atoms with Crippen LogP contribution in [0.25, 0.3) is 0 Å². The molecule has 0 atom stereocenters. The maximum Gasteiger partial charge on any atom is 0.342 e. The van der Waals surface area contributed by atoms with Crippen LogP contribution in [0.2, 0.25) is 0 Å². The molecule has 0 radical (unpaired) electrons. The molecule has 2 aromatic carbocycles. The lowest BCUT2D eigenvalue weighted by molar-refractivity contribution is -0.385. The van der Waals surface area contributed by atoms with Gasteiger partial charge in [0.1, 0.15) is 22.9 Å². The standard InChI is InChI=1S/C13H7BrFNO5/c14-10-6-8(1-3-11(10)15)21-7-2-4-12(16(19)20)9(5-7)13(17)18/h1-6H,(H,17,18). The lowest BCUT2D eigenvalue weighted by Crippen LogP contribution is -2.02. The molecular formula is C13H7BrFNO5. The van der Waals surface area contributed by atoms with Gasteiger partial charge >= 0.3 is 5.97 Å². The summed E-state index contributed by atoms with van der Waals surface area (Å²) in [7, 11) is 0. The number of ether oxygens (including phenoxy) is 1. The number of rotatable bonds is 4. The van der Waals surface area contributed by atoms with Gasteiger partial charge in [-0.1, -0.05) is 0 Å². The fourth-order valence-electron chi connectivity index (χ4n) is 1.59. The Balaban J connectivity index is 2.36. The Morgan fingerprint density at radius 1 is 1.24 bits per heavy atom. The minimum atomic E-state index is -1.44. The van der Waals surface area contributed by atoms with E-state index in [1.807, 2.05) is 0 Å². The first kappa shape index (κ1) is 14.9. The average Bonchev–Trinajstić information content (AvgIpc) is 2.42. The Morgan fingerprint density at radius 2 is 1.86 bits per heavy atom. The molecule has 21 heavy (non-hydrogen) atoms. The highest BCUT2D eigenvalue weighted by molar-refractivity contribution is 9.10. The molecule has 8 heteroatoms. The maximum atomic E-state index is 13.1. The fraction of sp³-hybridized carbons (Fsp3) is 0. The van der Waals surface area contributed by atoms with Crippen molar-refractivity contribution in [1.29, 1.82) is 0 Å². The molecule has 6 nitrogen and oxygen atoms in total. The highest BCUT2D eigenvalue weighted by Crippen LogP contribution is 2.29. The molecule has 0 bridgehead atoms. The minimum Gasteiger partial charge on any atom is -0.477 e. The second-order valence-corrected chi connectivity index (χ2v) is 4.77. The monoisotopic (exact) mass is 355 g/mol. The van der Waals surface area contributed by atoms with Crippen LogP contribution in [0.5, 0.6) is 11.5 Å². The van der Waals surface area contributed by atoms with Crippen LogP contribution in [0.3, 0.4) is 0 Å². The van der Waals surface area contributed by atoms with E-state index in [0.717, 1.165) is 12.1 Å². The van der Waals surface area contributed by atoms with Crippen molar-refractivity contribution in [3.05, 3.63) is 62.4 Å². The van der Waals surface area contributed by atoms with Crippen LogP contribution < -0.4 is 4.74 Å². The Kier molecular flexibility index (Phi) is 4.18. The van der Waals surface area contributed by atoms with Gasteiger partial charge in [0.15, 0.2) is 0 Å². The topological polar surface area (TPSA) is 89.7 Å². The van der Waals surface area contributed by atoms with Crippen molar-refractivity contribution in [2.45, 2.75) is 0 Å². The number of benzene rings is 2. The summed E-state index contributed by atoms with van der Waals surface area (Å²) in [6.45, 7) is 0. The average molecular weight is 356 g/mol. The van der Waals surface area contributed by atoms with Gasteiger partial charge in [-0.15, -0.1) is 0 Å². The lowest BCUT2D eigenvalue weighted by Gasteiger charge is -2.07. The zero-order valence-corrected chi connectivity index (χ0v) is 11.8. The Morgan fingerprint density at radius 3 is 2.43 bits per heavy atom. The molecule has 0 saturated carbocycles. The van der Waals surface area contributed by atoms with E-state index in [1.54, 1.807) is 0 Å². The molecule has 0 fully saturated rings. The van der Waals surface area contributed by atoms with Crippen LogP contribution in [-0.4, -0.2) is 16.0 Å². The van der Waals surface area contributed by atoms with Crippen molar-refractivity contribution < 1.29 is 24.0 Å². The zero-order valence-electron chi connectivity index (χ0n) is 10.2. The van der Waals surface area contributed by atoms with Crippen LogP contribution in [0.15, 0.2) is 40.9 Å². The fourth-order valence-corrected chi connectivity index (χ4v) is 1.94. The number of aromatic carboxylic acids is 1. The number of nitro groups is 1. The van der Waals surface area contributed by atoms with E-state index in [1.165, 1.54) is 24.3 Å². The molecule has 0 spiro atoms. The third kappa shape index (κ3) is 3.34. The Hall–Kier alpha value is -2.48. The quantitative estimate of drug-likeness (QED) is 0.661. The number of carboxylic acids is 1. The number of hydrogen-bond donors (Lipinski definition) is 1. The van der Waals surface area contributed by atoms with E-state index >= 15 is 0 Å². The highest BCUT2D eigenvalue weighted by Gasteiger charge is 2.20. The van der Waals surface area contributed by atoms with E-state index in [-0.39, 0.29) is 16.0 Å². The number of carboxylic acid groups (broad SMARTS) is 1. The van der Waals surface area contributed by atoms with Gasteiger partial charge in [0, 0.05) is 12.1 Å². The molecule has 0 aromatic heterocycles. The van der Waals surface area contributed by atoms with Crippen molar-refractivity contribution in [3.8, 4) is 11.5 Å². The Bertz CT molecular complexity index is 734. The van der Waals surface area contributed by atoms with Crippen molar-refractivity contribution in [3.63, 3.8) is 0 Å². The summed E-state index contributed by atoms with van der Waals surface area (Å²) in [6.07, 6.45) is 0. The molecule has 0 unspecified atom stereocenters. The molecule has 0 heterocycles. The number of carbonyl (C=O) groups is 1. The van der Waals surface area contributed by atoms with Crippen LogP contribution in [0.4, 0.5) is 10.1 Å². The van der Waals surface area contributed by atoms with Crippen LogP contribution in [0.1, 0.15) is 10.4 Å². The van der Waals surface area contributed by atoms with Crippen molar-refractivity contribution >= 4 is 27.6 Å². The first-order valence-corrected chi connectivity index (χ1v) is 6.32.